The van der Waals surface area contributed by atoms with E-state index in [0.29, 0.717) is 22.7 Å². The highest BCUT2D eigenvalue weighted by Gasteiger charge is 2.42. The van der Waals surface area contributed by atoms with E-state index in [-0.39, 0.29) is 24.8 Å². The van der Waals surface area contributed by atoms with Gasteiger partial charge in [-0.05, 0) is 295 Å². The molecule has 13 heteroatoms. The van der Waals surface area contributed by atoms with Crippen LogP contribution in [0.4, 0.5) is 27.1 Å². The third-order valence-corrected chi connectivity index (χ3v) is 24.0. The van der Waals surface area contributed by atoms with Gasteiger partial charge in [0.15, 0.2) is 0 Å². The number of benzene rings is 16. The van der Waals surface area contributed by atoms with Gasteiger partial charge >= 0.3 is 5.97 Å². The van der Waals surface area contributed by atoms with E-state index < -0.39 is 17.5 Å². The van der Waals surface area contributed by atoms with Gasteiger partial charge in [0.05, 0.1) is 35.6 Å². The number of aliphatic hydroxyl groups is 3. The Balaban J connectivity index is 0.0000000986. The number of rotatable bonds is 4. The molecule has 12 nitrogen and oxygen atoms in total. The maximum Gasteiger partial charge on any atom is 0.335 e. The molecule has 8 aliphatic rings. The van der Waals surface area contributed by atoms with Crippen LogP contribution in [-0.2, 0) is 48.7 Å². The van der Waals surface area contributed by atoms with Gasteiger partial charge in [-0.25, -0.2) is 14.0 Å². The van der Waals surface area contributed by atoms with Crippen LogP contribution in [0.15, 0.2) is 345 Å². The molecule has 0 aromatic heterocycles. The fraction of sp³-hybridized carbons (Fsp3) is 0.0926. The number of aliphatic hydroxyl groups excluding tert-OH is 3. The number of aliphatic imine (C=N–C) groups is 1. The zero-order chi connectivity index (χ0) is 83.4. The maximum atomic E-state index is 13.0. The number of nitrogens with zero attached hydrogens (tertiary/aromatic N) is 1. The molecule has 12 N–H and O–H groups in total. The largest absolute Gasteiger partial charge is 0.508 e. The summed E-state index contributed by atoms with van der Waals surface area (Å²) in [5.74, 6) is -0.455. The molecule has 0 saturated heterocycles. The van der Waals surface area contributed by atoms with Gasteiger partial charge in [-0.15, -0.1) is 0 Å². The first-order valence-corrected chi connectivity index (χ1v) is 40.3. The number of fused-ring (bicyclic) bond motifs is 24. The minimum Gasteiger partial charge on any atom is -0.508 e. The standard InChI is InChI=1S/C15H14O2.C14H9NO.C14H10O2.C13H9F.C13H12N2.C13H11NO.2C13H10O/c16-9-15(10-17)13-7-3-1-5-11(13)12-6-2-4-8-14(12)15;16-9-15-12-5-6-14-11(8-12)7-10-3-1-2-4-13(10)14;15-14(16)12-7-3-6-11-10-5-2-1-4-9(10)8-13(11)12;14-11-5-6-13-10(8-11)7-9-3-1-2-4-12(9)13;14-10-1-3-12-8(6-10)5-9-7-11(15)2-4-13(9)12;14-12-7-11-9(6-13(12)15)5-8-3-1-2-4-10(8)11;14-13-11-7-3-1-5-9(11)10-6-2-4-8-12(10)13;14-11-6-5-10-7-9-3-1-2-4-12(9)13(10)8-11/h1-8,16-17H,9-10H2;1-6,8H,7H2;1-7H,8H2,(H,15,16);1-6,8H,7H2;1-4,6-7H,5,14-15H2;1-4,6-7,15H,5,14H2;1-8,13-14H;1-6,8,14H,7H2. The number of aromatic hydroxyl groups is 2. The van der Waals surface area contributed by atoms with Crippen LogP contribution in [0.3, 0.4) is 0 Å². The summed E-state index contributed by atoms with van der Waals surface area (Å²) in [6.45, 7) is -0.144. The Morgan fingerprint density at radius 3 is 1.21 bits per heavy atom. The number of nitrogens with two attached hydrogens (primary N) is 3. The fourth-order valence-electron chi connectivity index (χ4n) is 18.2. The second-order valence-corrected chi connectivity index (χ2v) is 31.1. The molecule has 0 radical (unpaired) electrons. The van der Waals surface area contributed by atoms with E-state index in [9.17, 15) is 39.5 Å². The summed E-state index contributed by atoms with van der Waals surface area (Å²) in [5, 5.41) is 57.6. The molecule has 24 rings (SSSR count). The number of isocyanates is 1. The highest BCUT2D eigenvalue weighted by atomic mass is 19.1. The molecular formula is C108H85FN4O8. The summed E-state index contributed by atoms with van der Waals surface area (Å²) in [6.07, 6.45) is 6.47. The maximum absolute atomic E-state index is 13.0. The van der Waals surface area contributed by atoms with Gasteiger partial charge in [-0.1, -0.05) is 261 Å². The van der Waals surface area contributed by atoms with Crippen LogP contribution in [0.5, 0.6) is 11.5 Å². The van der Waals surface area contributed by atoms with E-state index in [4.69, 9.17) is 22.3 Å². The fourth-order valence-corrected chi connectivity index (χ4v) is 18.2. The minimum absolute atomic E-state index is 0.0719. The van der Waals surface area contributed by atoms with Crippen molar-refractivity contribution in [3.63, 3.8) is 0 Å². The third kappa shape index (κ3) is 15.6. The Morgan fingerprint density at radius 1 is 0.355 bits per heavy atom. The van der Waals surface area contributed by atoms with Crippen molar-refractivity contribution in [2.24, 2.45) is 4.99 Å². The molecule has 0 heterocycles. The van der Waals surface area contributed by atoms with Crippen LogP contribution >= 0.6 is 0 Å². The number of carboxylic acids is 1. The molecule has 0 aliphatic heterocycles. The van der Waals surface area contributed by atoms with Crippen LogP contribution in [0.2, 0.25) is 0 Å². The zero-order valence-corrected chi connectivity index (χ0v) is 66.1. The molecule has 121 heavy (non-hydrogen) atoms. The Labute approximate surface area is 701 Å². The van der Waals surface area contributed by atoms with Crippen molar-refractivity contribution in [2.45, 2.75) is 50.0 Å². The smallest absolute Gasteiger partial charge is 0.335 e. The summed E-state index contributed by atoms with van der Waals surface area (Å²) in [6, 6.07) is 111. The topological polar surface area (TPSA) is 246 Å². The number of hydrogen-bond acceptors (Lipinski definition) is 11. The number of carboxylic acid groups (broad SMARTS) is 1. The quantitative estimate of drug-likeness (QED) is 0.0347. The SMILES string of the molecule is Fc1ccc2c(c1)Cc1ccccc1-2.Nc1cc2c(cc1O)Cc1ccccc1-2.Nc1ccc2c(c1)Cc1cc(N)ccc1-2.O=C(O)c1cccc2c1Cc1ccccc1-2.O=C=Nc1ccc2c(c1)Cc1ccccc1-2.OC1c2ccccc2-c2ccccc21.OCC1(CO)c2ccccc2-c2ccccc21.Oc1ccc2c(c1)-c1ccccc1C2. The molecule has 0 bridgehead atoms. The first kappa shape index (κ1) is 78.7. The van der Waals surface area contributed by atoms with Crippen LogP contribution in [0.25, 0.3) is 89.0 Å². The Bertz CT molecular complexity index is 6620. The third-order valence-electron chi connectivity index (χ3n) is 24.0. The summed E-state index contributed by atoms with van der Waals surface area (Å²) in [5.41, 5.74) is 57.9. The van der Waals surface area contributed by atoms with E-state index in [0.717, 1.165) is 122 Å². The lowest BCUT2D eigenvalue weighted by Crippen LogP contribution is -2.33. The van der Waals surface area contributed by atoms with E-state index >= 15 is 0 Å². The molecule has 592 valence electrons. The molecule has 0 atom stereocenters. The number of anilines is 3. The number of aromatic carboxylic acids is 1. The van der Waals surface area contributed by atoms with Gasteiger partial charge in [0.1, 0.15) is 23.4 Å². The van der Waals surface area contributed by atoms with Crippen molar-refractivity contribution in [3.05, 3.63) is 440 Å². The lowest BCUT2D eigenvalue weighted by molar-refractivity contribution is 0.0695. The Hall–Kier alpha value is -14.8. The normalized spacial score (nSPS) is 12.8. The number of carbonyl (C=O) groups is 1. The second-order valence-electron chi connectivity index (χ2n) is 31.1. The number of phenolic OH excluding ortho intramolecular Hbond substituents is 2. The average molecular weight is 1590 g/mol. The molecule has 16 aromatic rings. The van der Waals surface area contributed by atoms with Gasteiger partial charge in [-0.2, -0.15) is 4.99 Å². The van der Waals surface area contributed by atoms with E-state index in [1.807, 2.05) is 218 Å². The summed E-state index contributed by atoms with van der Waals surface area (Å²) >= 11 is 0. The summed E-state index contributed by atoms with van der Waals surface area (Å²) in [7, 11) is 0. The number of nitrogen functional groups attached to an aromatic ring is 3. The molecule has 0 saturated carbocycles. The van der Waals surface area contributed by atoms with Gasteiger partial charge in [0.2, 0.25) is 6.08 Å². The van der Waals surface area contributed by atoms with Crippen molar-refractivity contribution in [2.75, 3.05) is 30.4 Å². The van der Waals surface area contributed by atoms with E-state index in [1.165, 1.54) is 112 Å². The average Bonchev–Trinajstić information content (AvgIpc) is 1.57. The first-order chi connectivity index (χ1) is 59.0. The van der Waals surface area contributed by atoms with E-state index in [2.05, 4.69) is 96.0 Å². The van der Waals surface area contributed by atoms with Crippen molar-refractivity contribution in [1.29, 1.82) is 0 Å². The molecular weight excluding hydrogens is 1500 g/mol. The van der Waals surface area contributed by atoms with Gasteiger partial charge < -0.3 is 47.8 Å². The van der Waals surface area contributed by atoms with Crippen LogP contribution in [-0.4, -0.2) is 55.9 Å². The number of phenols is 2. The predicted octanol–water partition coefficient (Wildman–Crippen LogP) is 22.2. The Kier molecular flexibility index (Phi) is 22.1. The first-order valence-electron chi connectivity index (χ1n) is 40.3. The second kappa shape index (κ2) is 34.0. The van der Waals surface area contributed by atoms with E-state index in [1.54, 1.807) is 30.3 Å². The van der Waals surface area contributed by atoms with Crippen molar-refractivity contribution >= 4 is 34.8 Å². The van der Waals surface area contributed by atoms with Gasteiger partial charge in [0, 0.05) is 11.4 Å². The summed E-state index contributed by atoms with van der Waals surface area (Å²) in [4.78, 5) is 25.0. The van der Waals surface area contributed by atoms with Crippen LogP contribution in [0.1, 0.15) is 105 Å². The summed E-state index contributed by atoms with van der Waals surface area (Å²) < 4.78 is 13.0. The van der Waals surface area contributed by atoms with Crippen LogP contribution < -0.4 is 17.2 Å². The number of hydrogen-bond donors (Lipinski definition) is 9. The molecule has 8 aliphatic carbocycles. The zero-order valence-electron chi connectivity index (χ0n) is 66.1. The lowest BCUT2D eigenvalue weighted by Gasteiger charge is -2.27. The van der Waals surface area contributed by atoms with Gasteiger partial charge in [-0.3, -0.25) is 0 Å². The molecule has 0 fully saturated rings. The highest BCUT2D eigenvalue weighted by molar-refractivity contribution is 5.95. The molecule has 0 unspecified atom stereocenters. The predicted molar refractivity (Wildman–Crippen MR) is 482 cm³/mol. The van der Waals surface area contributed by atoms with Crippen molar-refractivity contribution in [3.8, 4) is 101 Å². The molecule has 0 amide bonds. The van der Waals surface area contributed by atoms with Gasteiger partial charge in [0.25, 0.3) is 0 Å². The monoisotopic (exact) mass is 1580 g/mol. The number of carbonyl (C=O) groups excluding carboxylic acids is 1. The molecule has 0 spiro atoms. The highest BCUT2D eigenvalue weighted by Crippen LogP contribution is 2.50. The Morgan fingerprint density at radius 2 is 0.719 bits per heavy atom. The van der Waals surface area contributed by atoms with Crippen molar-refractivity contribution in [1.82, 2.24) is 0 Å². The minimum atomic E-state index is -0.843. The van der Waals surface area contributed by atoms with Crippen molar-refractivity contribution < 1.29 is 44.6 Å². The molecule has 16 aromatic carbocycles. The number of halogens is 1. The van der Waals surface area contributed by atoms with Crippen LogP contribution in [0, 0.1) is 5.82 Å². The lowest BCUT2D eigenvalue weighted by atomic mass is 9.80.